The maximum absolute atomic E-state index is 12.7. The van der Waals surface area contributed by atoms with Crippen LogP contribution in [0.3, 0.4) is 0 Å². The second-order valence-electron chi connectivity index (χ2n) is 6.85. The van der Waals surface area contributed by atoms with Gasteiger partial charge in [0, 0.05) is 43.4 Å². The number of benzene rings is 1. The van der Waals surface area contributed by atoms with Crippen molar-refractivity contribution >= 4 is 17.5 Å². The number of hydrogen-bond acceptors (Lipinski definition) is 4. The first-order valence-electron chi connectivity index (χ1n) is 8.69. The quantitative estimate of drug-likeness (QED) is 0.926. The van der Waals surface area contributed by atoms with Gasteiger partial charge in [-0.3, -0.25) is 9.59 Å². The lowest BCUT2D eigenvalue weighted by Crippen LogP contribution is -2.29. The van der Waals surface area contributed by atoms with Crippen LogP contribution in [-0.2, 0) is 4.79 Å². The van der Waals surface area contributed by atoms with Crippen LogP contribution >= 0.6 is 0 Å². The van der Waals surface area contributed by atoms with Crippen LogP contribution in [-0.4, -0.2) is 44.8 Å². The highest BCUT2D eigenvalue weighted by molar-refractivity contribution is 5.95. The van der Waals surface area contributed by atoms with Gasteiger partial charge < -0.3 is 10.2 Å². The summed E-state index contributed by atoms with van der Waals surface area (Å²) in [5.41, 5.74) is 2.41. The lowest BCUT2D eigenvalue weighted by molar-refractivity contribution is -0.114. The Balaban J connectivity index is 1.40. The Labute approximate surface area is 146 Å². The van der Waals surface area contributed by atoms with E-state index < -0.39 is 0 Å². The van der Waals surface area contributed by atoms with Crippen molar-refractivity contribution in [1.82, 2.24) is 19.9 Å². The molecule has 2 aromatic rings. The predicted molar refractivity (Wildman–Crippen MR) is 92.3 cm³/mol. The second kappa shape index (κ2) is 6.31. The molecule has 1 aliphatic carbocycles. The van der Waals surface area contributed by atoms with E-state index in [0.29, 0.717) is 23.7 Å². The average Bonchev–Trinajstić information content (AvgIpc) is 3.13. The molecule has 130 valence electrons. The van der Waals surface area contributed by atoms with E-state index in [1.807, 2.05) is 15.8 Å². The zero-order valence-electron chi connectivity index (χ0n) is 14.2. The van der Waals surface area contributed by atoms with Crippen LogP contribution in [0.1, 0.15) is 54.2 Å². The standard InChI is InChI=1S/C18H21N5O2/c1-12(24)19-15-6-4-14(5-7-15)18(25)22-9-8-16(10-22)23-11-17(20-21-23)13-2-3-13/h4-7,11,13,16H,2-3,8-10H2,1H3,(H,19,24)/t16-/m0/s1. The lowest BCUT2D eigenvalue weighted by Gasteiger charge is -2.16. The number of anilines is 1. The number of nitrogens with one attached hydrogen (secondary N) is 1. The molecule has 7 nitrogen and oxygen atoms in total. The van der Waals surface area contributed by atoms with Gasteiger partial charge in [-0.25, -0.2) is 4.68 Å². The molecule has 1 N–H and O–H groups in total. The van der Waals surface area contributed by atoms with E-state index in [1.165, 1.54) is 19.8 Å². The third-order valence-corrected chi connectivity index (χ3v) is 4.80. The minimum Gasteiger partial charge on any atom is -0.336 e. The maximum atomic E-state index is 12.7. The molecule has 1 saturated heterocycles. The van der Waals surface area contributed by atoms with Crippen molar-refractivity contribution < 1.29 is 9.59 Å². The summed E-state index contributed by atoms with van der Waals surface area (Å²) in [4.78, 5) is 25.6. The summed E-state index contributed by atoms with van der Waals surface area (Å²) in [5.74, 6) is 0.481. The largest absolute Gasteiger partial charge is 0.336 e. The molecule has 2 fully saturated rings. The van der Waals surface area contributed by atoms with E-state index in [4.69, 9.17) is 0 Å². The van der Waals surface area contributed by atoms with Crippen LogP contribution in [0.5, 0.6) is 0 Å². The highest BCUT2D eigenvalue weighted by Gasteiger charge is 2.31. The van der Waals surface area contributed by atoms with Gasteiger partial charge in [0.15, 0.2) is 0 Å². The van der Waals surface area contributed by atoms with E-state index in [2.05, 4.69) is 15.6 Å². The molecule has 2 amide bonds. The van der Waals surface area contributed by atoms with E-state index in [9.17, 15) is 9.59 Å². The van der Waals surface area contributed by atoms with Gasteiger partial charge in [-0.05, 0) is 43.5 Å². The molecule has 7 heteroatoms. The van der Waals surface area contributed by atoms with Crippen LogP contribution in [0.25, 0.3) is 0 Å². The molecule has 1 aromatic heterocycles. The molecule has 1 atom stereocenters. The first kappa shape index (κ1) is 15.8. The third-order valence-electron chi connectivity index (χ3n) is 4.80. The average molecular weight is 339 g/mol. The number of rotatable bonds is 4. The SMILES string of the molecule is CC(=O)Nc1ccc(C(=O)N2CC[C@H](n3cc(C4CC4)nn3)C2)cc1. The van der Waals surface area contributed by atoms with Gasteiger partial charge in [0.1, 0.15) is 0 Å². The van der Waals surface area contributed by atoms with E-state index in [1.54, 1.807) is 24.3 Å². The van der Waals surface area contributed by atoms with Crippen molar-refractivity contribution in [2.24, 2.45) is 0 Å². The molecule has 2 heterocycles. The van der Waals surface area contributed by atoms with Gasteiger partial charge in [-0.15, -0.1) is 5.10 Å². The summed E-state index contributed by atoms with van der Waals surface area (Å²) in [6.07, 6.45) is 5.35. The summed E-state index contributed by atoms with van der Waals surface area (Å²) in [5, 5.41) is 11.2. The van der Waals surface area contributed by atoms with Gasteiger partial charge in [0.25, 0.3) is 5.91 Å². The van der Waals surface area contributed by atoms with Crippen LogP contribution in [0.4, 0.5) is 5.69 Å². The smallest absolute Gasteiger partial charge is 0.253 e. The maximum Gasteiger partial charge on any atom is 0.253 e. The molecule has 4 rings (SSSR count). The molecule has 0 bridgehead atoms. The Morgan fingerprint density at radius 1 is 1.16 bits per heavy atom. The summed E-state index contributed by atoms with van der Waals surface area (Å²) in [6.45, 7) is 2.83. The number of likely N-dealkylation sites (tertiary alicyclic amines) is 1. The number of carbonyl (C=O) groups is 2. The first-order valence-corrected chi connectivity index (χ1v) is 8.69. The van der Waals surface area contributed by atoms with Gasteiger partial charge >= 0.3 is 0 Å². The molecule has 0 unspecified atom stereocenters. The summed E-state index contributed by atoms with van der Waals surface area (Å²) in [6, 6.07) is 7.20. The number of carbonyl (C=O) groups excluding carboxylic acids is 2. The van der Waals surface area contributed by atoms with E-state index in [0.717, 1.165) is 18.7 Å². The Bertz CT molecular complexity index is 794. The minimum atomic E-state index is -0.125. The van der Waals surface area contributed by atoms with Crippen molar-refractivity contribution in [3.63, 3.8) is 0 Å². The number of amides is 2. The van der Waals surface area contributed by atoms with E-state index >= 15 is 0 Å². The normalized spacial score (nSPS) is 19.9. The Morgan fingerprint density at radius 2 is 1.92 bits per heavy atom. The molecule has 0 spiro atoms. The van der Waals surface area contributed by atoms with Gasteiger partial charge in [-0.1, -0.05) is 5.21 Å². The molecule has 0 radical (unpaired) electrons. The second-order valence-corrected chi connectivity index (χ2v) is 6.85. The van der Waals surface area contributed by atoms with Gasteiger partial charge in [-0.2, -0.15) is 0 Å². The fraction of sp³-hybridized carbons (Fsp3) is 0.444. The van der Waals surface area contributed by atoms with Crippen molar-refractivity contribution in [2.45, 2.75) is 38.1 Å². The summed E-state index contributed by atoms with van der Waals surface area (Å²) >= 11 is 0. The Morgan fingerprint density at radius 3 is 2.60 bits per heavy atom. The molecule has 25 heavy (non-hydrogen) atoms. The van der Waals surface area contributed by atoms with Crippen LogP contribution in [0, 0.1) is 0 Å². The molecule has 1 aromatic carbocycles. The fourth-order valence-corrected chi connectivity index (χ4v) is 3.26. The van der Waals surface area contributed by atoms with Crippen molar-refractivity contribution in [3.05, 3.63) is 41.7 Å². The highest BCUT2D eigenvalue weighted by Crippen LogP contribution is 2.39. The molecule has 1 aliphatic heterocycles. The molecule has 1 saturated carbocycles. The van der Waals surface area contributed by atoms with Crippen LogP contribution < -0.4 is 5.32 Å². The van der Waals surface area contributed by atoms with E-state index in [-0.39, 0.29) is 17.9 Å². The van der Waals surface area contributed by atoms with Crippen molar-refractivity contribution in [1.29, 1.82) is 0 Å². The monoisotopic (exact) mass is 339 g/mol. The van der Waals surface area contributed by atoms with Crippen molar-refractivity contribution in [2.75, 3.05) is 18.4 Å². The zero-order valence-corrected chi connectivity index (χ0v) is 14.2. The molecular weight excluding hydrogens is 318 g/mol. The molecular formula is C18H21N5O2. The molecule has 2 aliphatic rings. The number of aromatic nitrogens is 3. The van der Waals surface area contributed by atoms with Gasteiger partial charge in [0.2, 0.25) is 5.91 Å². The summed E-state index contributed by atoms with van der Waals surface area (Å²) < 4.78 is 1.92. The van der Waals surface area contributed by atoms with Crippen LogP contribution in [0.15, 0.2) is 30.5 Å². The number of hydrogen-bond donors (Lipinski definition) is 1. The first-order chi connectivity index (χ1) is 12.1. The Hall–Kier alpha value is -2.70. The topological polar surface area (TPSA) is 80.1 Å². The Kier molecular flexibility index (Phi) is 3.99. The van der Waals surface area contributed by atoms with Crippen molar-refractivity contribution in [3.8, 4) is 0 Å². The number of nitrogens with zero attached hydrogens (tertiary/aromatic N) is 4. The minimum absolute atomic E-state index is 0.0133. The zero-order chi connectivity index (χ0) is 17.4. The third kappa shape index (κ3) is 3.40. The van der Waals surface area contributed by atoms with Crippen LogP contribution in [0.2, 0.25) is 0 Å². The lowest BCUT2D eigenvalue weighted by atomic mass is 10.2. The van der Waals surface area contributed by atoms with Gasteiger partial charge in [0.05, 0.1) is 11.7 Å². The predicted octanol–water partition coefficient (Wildman–Crippen LogP) is 2.20. The highest BCUT2D eigenvalue weighted by atomic mass is 16.2. The summed E-state index contributed by atoms with van der Waals surface area (Å²) in [7, 11) is 0. The fourth-order valence-electron chi connectivity index (χ4n) is 3.26.